The molecule has 300 valence electrons. The predicted molar refractivity (Wildman–Crippen MR) is 267 cm³/mol. The molecule has 10 aromatic carbocycles. The van der Waals surface area contributed by atoms with Crippen molar-refractivity contribution in [3.8, 4) is 39.1 Å². The highest BCUT2D eigenvalue weighted by Crippen LogP contribution is 2.62. The number of para-hydroxylation sites is 2. The van der Waals surface area contributed by atoms with Crippen molar-refractivity contribution >= 4 is 49.6 Å². The summed E-state index contributed by atoms with van der Waals surface area (Å²) in [6.07, 6.45) is 0. The largest absolute Gasteiger partial charge is 0.310 e. The monoisotopic (exact) mass is 814 g/mol. The Hall–Kier alpha value is -7.94. The van der Waals surface area contributed by atoms with Crippen LogP contribution in [0.5, 0.6) is 0 Å². The number of rotatable bonds is 4. The van der Waals surface area contributed by atoms with Gasteiger partial charge in [-0.2, -0.15) is 0 Å². The number of hydrogen-bond donors (Lipinski definition) is 0. The maximum absolute atomic E-state index is 2.51. The van der Waals surface area contributed by atoms with Crippen molar-refractivity contribution in [2.45, 2.75) is 24.7 Å². The van der Waals surface area contributed by atoms with E-state index in [9.17, 15) is 0 Å². The summed E-state index contributed by atoms with van der Waals surface area (Å²) >= 11 is 0. The molecule has 0 radical (unpaired) electrons. The third-order valence-corrected chi connectivity index (χ3v) is 15.0. The van der Waals surface area contributed by atoms with E-state index in [4.69, 9.17) is 0 Å². The summed E-state index contributed by atoms with van der Waals surface area (Å²) in [6.45, 7) is 4.74. The van der Waals surface area contributed by atoms with Gasteiger partial charge in [0.05, 0.1) is 16.4 Å². The molecule has 0 N–H and O–H groups in total. The van der Waals surface area contributed by atoms with Gasteiger partial charge in [0.15, 0.2) is 0 Å². The molecule has 0 unspecified atom stereocenters. The minimum Gasteiger partial charge on any atom is -0.310 e. The van der Waals surface area contributed by atoms with Gasteiger partial charge in [0.1, 0.15) is 0 Å². The molecule has 64 heavy (non-hydrogen) atoms. The molecule has 0 atom stereocenters. The van der Waals surface area contributed by atoms with E-state index in [1.165, 1.54) is 105 Å². The van der Waals surface area contributed by atoms with E-state index in [0.29, 0.717) is 0 Å². The van der Waals surface area contributed by atoms with Crippen LogP contribution >= 0.6 is 0 Å². The standard InChI is InChI=1S/C62H42N2/c1-61(2)52-25-10-6-20-44(52)47-33-31-42(36-56(47)61)64-58-29-13-9-23-49(58)50-35-32-43(38-59(50)64)63(40-18-4-3-5-19-40)41-30-34-48-51-24-14-16-39-17-15-28-55(60(39)51)62(57(48)37-41)53-26-11-7-21-45(53)46-22-8-12-27-54(46)62/h3-38H,1-2H3. The summed E-state index contributed by atoms with van der Waals surface area (Å²) in [5.74, 6) is 0. The first-order chi connectivity index (χ1) is 31.5. The zero-order valence-corrected chi connectivity index (χ0v) is 35.7. The number of fused-ring (bicyclic) bond motifs is 15. The van der Waals surface area contributed by atoms with Crippen LogP contribution in [0.15, 0.2) is 218 Å². The molecule has 0 saturated carbocycles. The average molecular weight is 815 g/mol. The molecule has 1 heterocycles. The summed E-state index contributed by atoms with van der Waals surface area (Å²) in [4.78, 5) is 2.46. The molecule has 11 aromatic rings. The minimum atomic E-state index is -0.508. The molecule has 0 aliphatic heterocycles. The Kier molecular flexibility index (Phi) is 7.13. The smallest absolute Gasteiger partial charge is 0.0726 e. The van der Waals surface area contributed by atoms with Crippen molar-refractivity contribution < 1.29 is 0 Å². The molecular weight excluding hydrogens is 773 g/mol. The Bertz CT molecular complexity index is 3720. The van der Waals surface area contributed by atoms with E-state index in [0.717, 1.165) is 17.1 Å². The normalized spacial score (nSPS) is 14.3. The molecule has 0 bridgehead atoms. The Morgan fingerprint density at radius 2 is 0.891 bits per heavy atom. The molecule has 14 rings (SSSR count). The number of nitrogens with zero attached hydrogens (tertiary/aromatic N) is 2. The van der Waals surface area contributed by atoms with Crippen LogP contribution in [-0.2, 0) is 10.8 Å². The van der Waals surface area contributed by atoms with Crippen molar-refractivity contribution in [3.63, 3.8) is 0 Å². The quantitative estimate of drug-likeness (QED) is 0.172. The van der Waals surface area contributed by atoms with E-state index in [1.807, 2.05) is 0 Å². The molecule has 1 aromatic heterocycles. The van der Waals surface area contributed by atoms with Gasteiger partial charge in [-0.15, -0.1) is 0 Å². The Morgan fingerprint density at radius 1 is 0.344 bits per heavy atom. The predicted octanol–water partition coefficient (Wildman–Crippen LogP) is 16.1. The van der Waals surface area contributed by atoms with Crippen molar-refractivity contribution in [1.29, 1.82) is 0 Å². The fraction of sp³-hybridized carbons (Fsp3) is 0.0645. The van der Waals surface area contributed by atoms with Gasteiger partial charge in [-0.25, -0.2) is 0 Å². The minimum absolute atomic E-state index is 0.105. The second-order valence-electron chi connectivity index (χ2n) is 18.4. The molecule has 0 amide bonds. The second-order valence-corrected chi connectivity index (χ2v) is 18.4. The van der Waals surface area contributed by atoms with E-state index < -0.39 is 5.41 Å². The number of hydrogen-bond acceptors (Lipinski definition) is 1. The SMILES string of the molecule is CC1(C)c2ccccc2-c2ccc(-n3c4ccccc4c4ccc(N(c5ccccc5)c5ccc6c(c5)C5(c7ccccc7-c7ccccc75)c5cccc7cccc-6c57)cc43)cc21. The molecule has 0 fully saturated rings. The zero-order valence-electron chi connectivity index (χ0n) is 35.7. The first-order valence-corrected chi connectivity index (χ1v) is 22.5. The third kappa shape index (κ3) is 4.54. The van der Waals surface area contributed by atoms with Crippen LogP contribution in [0.2, 0.25) is 0 Å². The number of aromatic nitrogens is 1. The fourth-order valence-corrected chi connectivity index (χ4v) is 12.3. The van der Waals surface area contributed by atoms with E-state index in [1.54, 1.807) is 0 Å². The van der Waals surface area contributed by atoms with Crippen LogP contribution in [0.25, 0.3) is 71.6 Å². The first-order valence-electron chi connectivity index (χ1n) is 22.5. The Labute approximate surface area is 372 Å². The summed E-state index contributed by atoms with van der Waals surface area (Å²) in [5.41, 5.74) is 22.3. The van der Waals surface area contributed by atoms with Gasteiger partial charge >= 0.3 is 0 Å². The maximum atomic E-state index is 2.51. The van der Waals surface area contributed by atoms with Gasteiger partial charge in [-0.3, -0.25) is 0 Å². The van der Waals surface area contributed by atoms with Gasteiger partial charge in [-0.1, -0.05) is 178 Å². The Morgan fingerprint density at radius 3 is 1.67 bits per heavy atom. The van der Waals surface area contributed by atoms with Crippen molar-refractivity contribution in [1.82, 2.24) is 4.57 Å². The van der Waals surface area contributed by atoms with Gasteiger partial charge in [0, 0.05) is 38.9 Å². The molecule has 2 heteroatoms. The summed E-state index contributed by atoms with van der Waals surface area (Å²) in [7, 11) is 0. The summed E-state index contributed by atoms with van der Waals surface area (Å²) in [6, 6.07) is 82.1. The first kappa shape index (κ1) is 35.6. The number of benzene rings is 10. The number of anilines is 3. The van der Waals surface area contributed by atoms with Crippen LogP contribution < -0.4 is 4.90 Å². The van der Waals surface area contributed by atoms with Gasteiger partial charge in [0.25, 0.3) is 0 Å². The average Bonchev–Trinajstić information content (AvgIpc) is 3.92. The molecular formula is C62H42N2. The highest BCUT2D eigenvalue weighted by Gasteiger charge is 2.50. The maximum Gasteiger partial charge on any atom is 0.0726 e. The second kappa shape index (κ2) is 12.8. The van der Waals surface area contributed by atoms with Crippen molar-refractivity contribution in [2.24, 2.45) is 0 Å². The topological polar surface area (TPSA) is 8.17 Å². The molecule has 2 nitrogen and oxygen atoms in total. The van der Waals surface area contributed by atoms with Crippen LogP contribution in [0.4, 0.5) is 17.1 Å². The lowest BCUT2D eigenvalue weighted by Gasteiger charge is -2.40. The van der Waals surface area contributed by atoms with Crippen LogP contribution in [0.3, 0.4) is 0 Å². The van der Waals surface area contributed by atoms with E-state index in [2.05, 4.69) is 242 Å². The molecule has 0 saturated heterocycles. The third-order valence-electron chi connectivity index (χ3n) is 15.0. The molecule has 3 aliphatic carbocycles. The van der Waals surface area contributed by atoms with Crippen LogP contribution in [0, 0.1) is 0 Å². The lowest BCUT2D eigenvalue weighted by molar-refractivity contribution is 0.660. The van der Waals surface area contributed by atoms with Gasteiger partial charge in [-0.05, 0) is 132 Å². The van der Waals surface area contributed by atoms with Gasteiger partial charge in [0.2, 0.25) is 0 Å². The lowest BCUT2D eigenvalue weighted by Crippen LogP contribution is -2.32. The zero-order chi connectivity index (χ0) is 42.3. The van der Waals surface area contributed by atoms with Crippen LogP contribution in [-0.4, -0.2) is 4.57 Å². The van der Waals surface area contributed by atoms with E-state index >= 15 is 0 Å². The fourth-order valence-electron chi connectivity index (χ4n) is 12.3. The molecule has 1 spiro atoms. The van der Waals surface area contributed by atoms with Gasteiger partial charge < -0.3 is 9.47 Å². The van der Waals surface area contributed by atoms with Crippen molar-refractivity contribution in [3.05, 3.63) is 252 Å². The highest BCUT2D eigenvalue weighted by molar-refractivity contribution is 6.11. The molecule has 3 aliphatic rings. The summed E-state index contributed by atoms with van der Waals surface area (Å²) < 4.78 is 2.49. The Balaban J connectivity index is 1.02. The lowest BCUT2D eigenvalue weighted by atomic mass is 9.61. The van der Waals surface area contributed by atoms with Crippen molar-refractivity contribution in [2.75, 3.05) is 4.90 Å². The van der Waals surface area contributed by atoms with Crippen LogP contribution in [0.1, 0.15) is 47.2 Å². The highest BCUT2D eigenvalue weighted by atomic mass is 15.1. The summed E-state index contributed by atoms with van der Waals surface area (Å²) in [5, 5.41) is 5.11. The van der Waals surface area contributed by atoms with E-state index in [-0.39, 0.29) is 5.41 Å².